The molecule has 1 aliphatic rings. The van der Waals surface area contributed by atoms with Crippen LogP contribution in [0.4, 0.5) is 4.39 Å². The summed E-state index contributed by atoms with van der Waals surface area (Å²) in [7, 11) is 1.68. The second kappa shape index (κ2) is 11.7. The quantitative estimate of drug-likeness (QED) is 0.423. The maximum Gasteiger partial charge on any atom is 0.191 e. The van der Waals surface area contributed by atoms with Crippen molar-refractivity contribution in [2.45, 2.75) is 31.9 Å². The Balaban J connectivity index is 1.71. The van der Waals surface area contributed by atoms with Crippen molar-refractivity contribution in [3.8, 4) is 5.75 Å². The van der Waals surface area contributed by atoms with Crippen LogP contribution in [0.5, 0.6) is 5.75 Å². The Morgan fingerprint density at radius 3 is 2.65 bits per heavy atom. The Hall–Kier alpha value is -2.64. The maximum absolute atomic E-state index is 13.9. The van der Waals surface area contributed by atoms with Crippen LogP contribution in [-0.4, -0.2) is 55.8 Å². The number of benzene rings is 2. The van der Waals surface area contributed by atoms with Crippen molar-refractivity contribution >= 4 is 5.96 Å². The normalized spacial score (nSPS) is 16.7. The zero-order valence-corrected chi connectivity index (χ0v) is 18.4. The lowest BCUT2D eigenvalue weighted by molar-refractivity contribution is 0.176. The average Bonchev–Trinajstić information content (AvgIpc) is 3.32. The van der Waals surface area contributed by atoms with Crippen molar-refractivity contribution in [3.63, 3.8) is 0 Å². The second-order valence-corrected chi connectivity index (χ2v) is 7.67. The van der Waals surface area contributed by atoms with Crippen molar-refractivity contribution in [1.82, 2.24) is 15.5 Å². The van der Waals surface area contributed by atoms with Gasteiger partial charge in [0.1, 0.15) is 11.6 Å². The summed E-state index contributed by atoms with van der Waals surface area (Å²) in [5.41, 5.74) is 1.45. The Kier molecular flexibility index (Phi) is 8.67. The van der Waals surface area contributed by atoms with E-state index in [2.05, 4.69) is 27.7 Å². The van der Waals surface area contributed by atoms with Crippen LogP contribution in [-0.2, 0) is 0 Å². The molecule has 2 atom stereocenters. The number of aliphatic hydroxyl groups excluding tert-OH is 1. The number of methoxy groups -OCH3 is 1. The Morgan fingerprint density at radius 2 is 1.94 bits per heavy atom. The van der Waals surface area contributed by atoms with E-state index < -0.39 is 11.9 Å². The molecule has 7 heteroatoms. The molecule has 1 fully saturated rings. The molecule has 1 saturated heterocycles. The number of hydrogen-bond acceptors (Lipinski definition) is 4. The number of nitrogens with zero attached hydrogens (tertiary/aromatic N) is 2. The standard InChI is InChI=1S/C24H33FN4O2/c1-3-26-24(28-17-23(30)20-11-4-5-12-21(20)25)27-16-22(29-13-6-7-14-29)18-9-8-10-19(15-18)31-2/h4-5,8-12,15,22-23,30H,3,6-7,13-14,16-17H2,1-2H3,(H2,26,27,28). The van der Waals surface area contributed by atoms with Crippen LogP contribution in [0, 0.1) is 5.82 Å². The topological polar surface area (TPSA) is 69.1 Å². The number of likely N-dealkylation sites (tertiary alicyclic amines) is 1. The highest BCUT2D eigenvalue weighted by Crippen LogP contribution is 2.28. The Morgan fingerprint density at radius 1 is 1.16 bits per heavy atom. The van der Waals surface area contributed by atoms with Crippen LogP contribution >= 0.6 is 0 Å². The van der Waals surface area contributed by atoms with E-state index in [0.717, 1.165) is 18.8 Å². The first-order chi connectivity index (χ1) is 15.1. The average molecular weight is 429 g/mol. The van der Waals surface area contributed by atoms with E-state index in [4.69, 9.17) is 9.73 Å². The molecule has 0 spiro atoms. The summed E-state index contributed by atoms with van der Waals surface area (Å²) in [5, 5.41) is 16.8. The first-order valence-electron chi connectivity index (χ1n) is 10.9. The van der Waals surface area contributed by atoms with Crippen LogP contribution in [0.1, 0.15) is 43.0 Å². The Labute approximate surface area is 184 Å². The molecule has 2 aromatic rings. The van der Waals surface area contributed by atoms with E-state index in [0.29, 0.717) is 19.0 Å². The number of aliphatic imine (C=N–C) groups is 1. The maximum atomic E-state index is 13.9. The fourth-order valence-corrected chi connectivity index (χ4v) is 3.90. The number of hydrogen-bond donors (Lipinski definition) is 3. The molecule has 2 aromatic carbocycles. The first-order valence-corrected chi connectivity index (χ1v) is 10.9. The van der Waals surface area contributed by atoms with Gasteiger partial charge in [-0.25, -0.2) is 4.39 Å². The van der Waals surface area contributed by atoms with Crippen molar-refractivity contribution in [3.05, 3.63) is 65.5 Å². The van der Waals surface area contributed by atoms with Crippen molar-refractivity contribution in [2.75, 3.05) is 39.8 Å². The SMILES string of the molecule is CCNC(=NCC(c1cccc(OC)c1)N1CCCC1)NCC(O)c1ccccc1F. The van der Waals surface area contributed by atoms with Gasteiger partial charge < -0.3 is 20.5 Å². The molecule has 0 radical (unpaired) electrons. The van der Waals surface area contributed by atoms with Crippen molar-refractivity contribution in [1.29, 1.82) is 0 Å². The van der Waals surface area contributed by atoms with E-state index in [1.54, 1.807) is 25.3 Å². The molecule has 1 heterocycles. The molecule has 0 aliphatic carbocycles. The largest absolute Gasteiger partial charge is 0.497 e. The highest BCUT2D eigenvalue weighted by atomic mass is 19.1. The monoisotopic (exact) mass is 428 g/mol. The number of rotatable bonds is 9. The minimum atomic E-state index is -0.960. The number of aliphatic hydroxyl groups is 1. The van der Waals surface area contributed by atoms with Crippen molar-refractivity contribution in [2.24, 2.45) is 4.99 Å². The highest BCUT2D eigenvalue weighted by Gasteiger charge is 2.24. The van der Waals surface area contributed by atoms with Gasteiger partial charge in [0.15, 0.2) is 5.96 Å². The van der Waals surface area contributed by atoms with Gasteiger partial charge >= 0.3 is 0 Å². The molecule has 0 aromatic heterocycles. The van der Waals surface area contributed by atoms with Gasteiger partial charge in [0.05, 0.1) is 25.8 Å². The zero-order valence-electron chi connectivity index (χ0n) is 18.4. The summed E-state index contributed by atoms with van der Waals surface area (Å²) in [6.45, 7) is 5.51. The van der Waals surface area contributed by atoms with Gasteiger partial charge in [0.2, 0.25) is 0 Å². The lowest BCUT2D eigenvalue weighted by atomic mass is 10.1. The molecule has 0 amide bonds. The molecule has 1 aliphatic heterocycles. The number of halogens is 1. The minimum absolute atomic E-state index is 0.143. The molecule has 0 saturated carbocycles. The predicted molar refractivity (Wildman–Crippen MR) is 122 cm³/mol. The summed E-state index contributed by atoms with van der Waals surface area (Å²) in [6.07, 6.45) is 1.42. The molecular weight excluding hydrogens is 395 g/mol. The fraction of sp³-hybridized carbons (Fsp3) is 0.458. The summed E-state index contributed by atoms with van der Waals surface area (Å²) in [4.78, 5) is 7.24. The van der Waals surface area contributed by atoms with Crippen LogP contribution in [0.25, 0.3) is 0 Å². The molecule has 0 bridgehead atoms. The van der Waals surface area contributed by atoms with Crippen LogP contribution in [0.2, 0.25) is 0 Å². The zero-order chi connectivity index (χ0) is 22.1. The molecule has 2 unspecified atom stereocenters. The predicted octanol–water partition coefficient (Wildman–Crippen LogP) is 3.26. The van der Waals surface area contributed by atoms with Gasteiger partial charge in [-0.05, 0) is 56.6 Å². The summed E-state index contributed by atoms with van der Waals surface area (Å²) >= 11 is 0. The van der Waals surface area contributed by atoms with Crippen LogP contribution in [0.3, 0.4) is 0 Å². The molecular formula is C24H33FN4O2. The third kappa shape index (κ3) is 6.42. The first kappa shape index (κ1) is 23.0. The molecule has 6 nitrogen and oxygen atoms in total. The van der Waals surface area contributed by atoms with Gasteiger partial charge in [0, 0.05) is 18.7 Å². The number of guanidine groups is 1. The lowest BCUT2D eigenvalue weighted by Gasteiger charge is -2.27. The summed E-state index contributed by atoms with van der Waals surface area (Å²) in [6, 6.07) is 14.6. The molecule has 168 valence electrons. The van der Waals surface area contributed by atoms with Gasteiger partial charge in [-0.2, -0.15) is 0 Å². The van der Waals surface area contributed by atoms with Gasteiger partial charge in [0.25, 0.3) is 0 Å². The molecule has 3 rings (SSSR count). The third-order valence-corrected chi connectivity index (χ3v) is 5.55. The summed E-state index contributed by atoms with van der Waals surface area (Å²) in [5.74, 6) is 1.03. The highest BCUT2D eigenvalue weighted by molar-refractivity contribution is 5.79. The Bertz CT molecular complexity index is 855. The van der Waals surface area contributed by atoms with Crippen LogP contribution < -0.4 is 15.4 Å². The number of ether oxygens (including phenoxy) is 1. The van der Waals surface area contributed by atoms with Gasteiger partial charge in [-0.1, -0.05) is 30.3 Å². The second-order valence-electron chi connectivity index (χ2n) is 7.67. The van der Waals surface area contributed by atoms with E-state index in [1.165, 1.54) is 24.5 Å². The van der Waals surface area contributed by atoms with Gasteiger partial charge in [-0.3, -0.25) is 9.89 Å². The van der Waals surface area contributed by atoms with Gasteiger partial charge in [-0.15, -0.1) is 0 Å². The fourth-order valence-electron chi connectivity index (χ4n) is 3.90. The van der Waals surface area contributed by atoms with E-state index in [1.807, 2.05) is 19.1 Å². The molecule has 31 heavy (non-hydrogen) atoms. The molecule has 3 N–H and O–H groups in total. The van der Waals surface area contributed by atoms with E-state index in [9.17, 15) is 9.50 Å². The number of nitrogens with one attached hydrogen (secondary N) is 2. The van der Waals surface area contributed by atoms with Crippen molar-refractivity contribution < 1.29 is 14.2 Å². The lowest BCUT2D eigenvalue weighted by Crippen LogP contribution is -2.40. The summed E-state index contributed by atoms with van der Waals surface area (Å²) < 4.78 is 19.4. The smallest absolute Gasteiger partial charge is 0.191 e. The van der Waals surface area contributed by atoms with Crippen LogP contribution in [0.15, 0.2) is 53.5 Å². The van der Waals surface area contributed by atoms with E-state index >= 15 is 0 Å². The third-order valence-electron chi connectivity index (χ3n) is 5.55. The van der Waals surface area contributed by atoms with E-state index in [-0.39, 0.29) is 18.2 Å². The minimum Gasteiger partial charge on any atom is -0.497 e.